The maximum atomic E-state index is 13.3. The molecular formula is C26H20N2O6. The first-order valence-electron chi connectivity index (χ1n) is 10.6. The van der Waals surface area contributed by atoms with E-state index in [-0.39, 0.29) is 19.3 Å². The Morgan fingerprint density at radius 3 is 2.56 bits per heavy atom. The zero-order chi connectivity index (χ0) is 23.7. The highest BCUT2D eigenvalue weighted by Gasteiger charge is 2.17. The molecule has 1 aliphatic rings. The first kappa shape index (κ1) is 21.3. The molecule has 0 saturated heterocycles. The van der Waals surface area contributed by atoms with Crippen molar-refractivity contribution in [3.8, 4) is 23.1 Å². The van der Waals surface area contributed by atoms with E-state index in [1.165, 1.54) is 10.8 Å². The van der Waals surface area contributed by atoms with Gasteiger partial charge in [0.2, 0.25) is 12.7 Å². The molecule has 3 aromatic carbocycles. The average molecular weight is 456 g/mol. The quantitative estimate of drug-likeness (QED) is 0.354. The molecule has 0 unspecified atom stereocenters. The third-order valence-electron chi connectivity index (χ3n) is 5.44. The van der Waals surface area contributed by atoms with E-state index >= 15 is 0 Å². The molecule has 1 aliphatic heterocycles. The first-order valence-corrected chi connectivity index (χ1v) is 10.6. The van der Waals surface area contributed by atoms with Crippen molar-refractivity contribution < 1.29 is 24.1 Å². The molecular weight excluding hydrogens is 436 g/mol. The molecule has 170 valence electrons. The summed E-state index contributed by atoms with van der Waals surface area (Å²) in [6.07, 6.45) is 1.51. The molecule has 1 aromatic heterocycles. The molecule has 0 bridgehead atoms. The minimum Gasteiger partial charge on any atom is -0.494 e. The predicted octanol–water partition coefficient (Wildman–Crippen LogP) is 4.35. The molecule has 8 nitrogen and oxygen atoms in total. The lowest BCUT2D eigenvalue weighted by Gasteiger charge is -2.14. The van der Waals surface area contributed by atoms with Crippen LogP contribution in [-0.4, -0.2) is 35.3 Å². The van der Waals surface area contributed by atoms with Crippen LogP contribution >= 0.6 is 0 Å². The van der Waals surface area contributed by atoms with Crippen LogP contribution in [0.25, 0.3) is 16.5 Å². The van der Waals surface area contributed by atoms with Gasteiger partial charge in [-0.1, -0.05) is 18.2 Å². The zero-order valence-corrected chi connectivity index (χ0v) is 18.2. The Labute approximate surface area is 194 Å². The number of carbonyl (C=O) groups excluding carboxylic acids is 1. The van der Waals surface area contributed by atoms with Gasteiger partial charge in [-0.25, -0.2) is 9.36 Å². The third-order valence-corrected chi connectivity index (χ3v) is 5.44. The number of esters is 1. The molecule has 0 saturated carbocycles. The minimum atomic E-state index is -0.458. The summed E-state index contributed by atoms with van der Waals surface area (Å²) in [6.45, 7) is 2.15. The summed E-state index contributed by atoms with van der Waals surface area (Å²) in [5.74, 6) is 0.514. The van der Waals surface area contributed by atoms with Gasteiger partial charge in [0.25, 0.3) is 5.56 Å². The van der Waals surface area contributed by atoms with E-state index in [0.717, 1.165) is 0 Å². The number of nitrogens with zero attached hydrogens (tertiary/aromatic N) is 2. The van der Waals surface area contributed by atoms with Crippen molar-refractivity contribution in [2.45, 2.75) is 6.92 Å². The highest BCUT2D eigenvalue weighted by Crippen LogP contribution is 2.35. The first-order chi connectivity index (χ1) is 16.6. The smallest absolute Gasteiger partial charge is 0.338 e. The van der Waals surface area contributed by atoms with E-state index in [4.69, 9.17) is 14.2 Å². The maximum absolute atomic E-state index is 13.3. The Hall–Kier alpha value is -4.59. The molecule has 8 heteroatoms. The predicted molar refractivity (Wildman–Crippen MR) is 127 cm³/mol. The lowest BCUT2D eigenvalue weighted by molar-refractivity contribution is 0.0526. The van der Waals surface area contributed by atoms with Gasteiger partial charge >= 0.3 is 5.97 Å². The summed E-state index contributed by atoms with van der Waals surface area (Å²) in [7, 11) is 0. The van der Waals surface area contributed by atoms with Gasteiger partial charge < -0.3 is 19.3 Å². The summed E-state index contributed by atoms with van der Waals surface area (Å²) >= 11 is 0. The minimum absolute atomic E-state index is 0.161. The van der Waals surface area contributed by atoms with E-state index in [1.807, 2.05) is 0 Å². The van der Waals surface area contributed by atoms with Gasteiger partial charge in [0.1, 0.15) is 0 Å². The molecule has 0 atom stereocenters. The molecule has 4 aromatic rings. The highest BCUT2D eigenvalue weighted by molar-refractivity contribution is 6.02. The summed E-state index contributed by atoms with van der Waals surface area (Å²) < 4.78 is 16.9. The monoisotopic (exact) mass is 456 g/mol. The van der Waals surface area contributed by atoms with Crippen LogP contribution in [-0.2, 0) is 4.74 Å². The van der Waals surface area contributed by atoms with Crippen LogP contribution in [0, 0.1) is 0 Å². The fourth-order valence-corrected chi connectivity index (χ4v) is 3.79. The Morgan fingerprint density at radius 1 is 1.06 bits per heavy atom. The number of hydrogen-bond donors (Lipinski definition) is 1. The van der Waals surface area contributed by atoms with Gasteiger partial charge in [-0.3, -0.25) is 9.79 Å². The topological polar surface area (TPSA) is 99.3 Å². The van der Waals surface area contributed by atoms with E-state index in [9.17, 15) is 14.7 Å². The lowest BCUT2D eigenvalue weighted by Crippen LogP contribution is -2.20. The van der Waals surface area contributed by atoms with Gasteiger partial charge in [-0.2, -0.15) is 0 Å². The van der Waals surface area contributed by atoms with Gasteiger partial charge in [-0.05, 0) is 49.4 Å². The number of ether oxygens (including phenoxy) is 3. The molecule has 0 radical (unpaired) electrons. The van der Waals surface area contributed by atoms with Crippen LogP contribution in [0.3, 0.4) is 0 Å². The standard InChI is InChI=1S/C26H20N2O6/c1-2-32-26(31)16-7-10-18(11-8-16)28-24(29)20-6-4-3-5-19(20)21(25(28)30)14-27-17-9-12-22-23(13-17)34-15-33-22/h3-14,30H,2,15H2,1H3. The number of pyridine rings is 1. The third kappa shape index (κ3) is 3.75. The summed E-state index contributed by atoms with van der Waals surface area (Å²) in [4.78, 5) is 29.7. The molecule has 0 aliphatic carbocycles. The number of aromatic nitrogens is 1. The molecule has 34 heavy (non-hydrogen) atoms. The SMILES string of the molecule is CCOC(=O)c1ccc(-n2c(O)c(C=Nc3ccc4c(c3)OCO4)c3ccccc3c2=O)cc1. The van der Waals surface area contributed by atoms with E-state index in [1.54, 1.807) is 73.7 Å². The van der Waals surface area contributed by atoms with E-state index < -0.39 is 11.5 Å². The Balaban J connectivity index is 1.61. The summed E-state index contributed by atoms with van der Waals surface area (Å²) in [6, 6.07) is 18.5. The number of hydrogen-bond acceptors (Lipinski definition) is 7. The second-order valence-electron chi connectivity index (χ2n) is 7.49. The van der Waals surface area contributed by atoms with Crippen LogP contribution in [0.15, 0.2) is 76.5 Å². The van der Waals surface area contributed by atoms with Crippen LogP contribution in [0.5, 0.6) is 17.4 Å². The summed E-state index contributed by atoms with van der Waals surface area (Å²) in [5.41, 5.74) is 1.34. The second-order valence-corrected chi connectivity index (χ2v) is 7.49. The van der Waals surface area contributed by atoms with Crippen LogP contribution in [0.4, 0.5) is 5.69 Å². The lowest BCUT2D eigenvalue weighted by atomic mass is 10.1. The Kier molecular flexibility index (Phi) is 5.47. The van der Waals surface area contributed by atoms with E-state index in [0.29, 0.717) is 44.8 Å². The van der Waals surface area contributed by atoms with Crippen molar-refractivity contribution >= 4 is 28.6 Å². The number of benzene rings is 3. The molecule has 2 heterocycles. The van der Waals surface area contributed by atoms with Crippen molar-refractivity contribution in [3.05, 3.63) is 88.2 Å². The Bertz CT molecular complexity index is 1490. The number of aliphatic imine (C=N–C) groups is 1. The second kappa shape index (κ2) is 8.74. The van der Waals surface area contributed by atoms with Crippen molar-refractivity contribution in [2.24, 2.45) is 4.99 Å². The number of fused-ring (bicyclic) bond motifs is 2. The van der Waals surface area contributed by atoms with Crippen molar-refractivity contribution in [1.29, 1.82) is 0 Å². The van der Waals surface area contributed by atoms with Crippen LogP contribution in [0.2, 0.25) is 0 Å². The van der Waals surface area contributed by atoms with Crippen LogP contribution in [0.1, 0.15) is 22.8 Å². The average Bonchev–Trinajstić information content (AvgIpc) is 3.33. The van der Waals surface area contributed by atoms with Gasteiger partial charge in [0.15, 0.2) is 11.5 Å². The Morgan fingerprint density at radius 2 is 1.79 bits per heavy atom. The highest BCUT2D eigenvalue weighted by atomic mass is 16.7. The number of aromatic hydroxyl groups is 1. The van der Waals surface area contributed by atoms with Gasteiger partial charge in [0.05, 0.1) is 29.1 Å². The number of rotatable bonds is 5. The van der Waals surface area contributed by atoms with Gasteiger partial charge in [-0.15, -0.1) is 0 Å². The molecule has 0 amide bonds. The van der Waals surface area contributed by atoms with Crippen LogP contribution < -0.4 is 15.0 Å². The molecule has 0 fully saturated rings. The number of carbonyl (C=O) groups is 1. The maximum Gasteiger partial charge on any atom is 0.338 e. The normalized spacial score (nSPS) is 12.4. The van der Waals surface area contributed by atoms with Gasteiger partial charge in [0, 0.05) is 23.1 Å². The molecule has 0 spiro atoms. The fraction of sp³-hybridized carbons (Fsp3) is 0.115. The molecule has 1 N–H and O–H groups in total. The largest absolute Gasteiger partial charge is 0.494 e. The molecule has 5 rings (SSSR count). The summed E-state index contributed by atoms with van der Waals surface area (Å²) in [5, 5.41) is 12.1. The fourth-order valence-electron chi connectivity index (χ4n) is 3.79. The van der Waals surface area contributed by atoms with Crippen molar-refractivity contribution in [2.75, 3.05) is 13.4 Å². The zero-order valence-electron chi connectivity index (χ0n) is 18.2. The van der Waals surface area contributed by atoms with E-state index in [2.05, 4.69) is 4.99 Å². The van der Waals surface area contributed by atoms with Crippen molar-refractivity contribution in [3.63, 3.8) is 0 Å². The van der Waals surface area contributed by atoms with Crippen molar-refractivity contribution in [1.82, 2.24) is 4.57 Å².